The van der Waals surface area contributed by atoms with E-state index in [1.807, 2.05) is 0 Å². The molecular formula is C14H15ClFN3O3. The van der Waals surface area contributed by atoms with E-state index >= 15 is 0 Å². The van der Waals surface area contributed by atoms with Gasteiger partial charge < -0.3 is 5.11 Å². The lowest BCUT2D eigenvalue weighted by Crippen LogP contribution is -2.34. The van der Waals surface area contributed by atoms with Gasteiger partial charge in [0.05, 0.1) is 6.54 Å². The normalized spacial score (nSPS) is 16.7. The van der Waals surface area contributed by atoms with Crippen molar-refractivity contribution >= 4 is 18.4 Å². The molecule has 3 rings (SSSR count). The first kappa shape index (κ1) is 16.2. The number of aromatic nitrogens is 3. The van der Waals surface area contributed by atoms with Gasteiger partial charge in [0.15, 0.2) is 0 Å². The number of nitrogens with zero attached hydrogens (tertiary/aromatic N) is 3. The molecule has 2 heterocycles. The fourth-order valence-electron chi connectivity index (χ4n) is 2.68. The molecule has 2 aromatic rings. The summed E-state index contributed by atoms with van der Waals surface area (Å²) in [5, 5.41) is 13.4. The Morgan fingerprint density at radius 1 is 1.45 bits per heavy atom. The Morgan fingerprint density at radius 3 is 2.91 bits per heavy atom. The van der Waals surface area contributed by atoms with Crippen LogP contribution in [0.2, 0.25) is 0 Å². The number of halogens is 2. The van der Waals surface area contributed by atoms with Crippen LogP contribution in [0.25, 0.3) is 0 Å². The third kappa shape index (κ3) is 2.89. The number of carbonyl (C=O) groups is 1. The van der Waals surface area contributed by atoms with Crippen molar-refractivity contribution in [1.82, 2.24) is 14.3 Å². The van der Waals surface area contributed by atoms with Crippen molar-refractivity contribution in [3.63, 3.8) is 0 Å². The van der Waals surface area contributed by atoms with Crippen LogP contribution in [-0.4, -0.2) is 25.4 Å². The van der Waals surface area contributed by atoms with Gasteiger partial charge in [-0.3, -0.25) is 4.57 Å². The van der Waals surface area contributed by atoms with Crippen molar-refractivity contribution in [3.8, 4) is 0 Å². The Labute approximate surface area is 131 Å². The van der Waals surface area contributed by atoms with Crippen LogP contribution in [0.4, 0.5) is 4.39 Å². The fourth-order valence-corrected chi connectivity index (χ4v) is 2.68. The van der Waals surface area contributed by atoms with Gasteiger partial charge in [-0.15, -0.1) is 12.4 Å². The molecule has 0 fully saturated rings. The summed E-state index contributed by atoms with van der Waals surface area (Å²) in [5.74, 6) is -0.925. The molecule has 1 aliphatic rings. The van der Waals surface area contributed by atoms with E-state index in [4.69, 9.17) is 0 Å². The van der Waals surface area contributed by atoms with E-state index in [1.54, 1.807) is 12.1 Å². The van der Waals surface area contributed by atoms with Gasteiger partial charge in [0.2, 0.25) is 0 Å². The number of fused-ring (bicyclic) bond motifs is 1. The highest BCUT2D eigenvalue weighted by molar-refractivity contribution is 5.85. The molecule has 1 atom stereocenters. The van der Waals surface area contributed by atoms with Crippen molar-refractivity contribution in [2.75, 3.05) is 0 Å². The fraction of sp³-hybridized carbons (Fsp3) is 0.357. The SMILES string of the molecule is Cl.O=C(O)[C@H]1CCCc2nn(Cc3cccc(F)c3)c(=O)n21. The highest BCUT2D eigenvalue weighted by atomic mass is 35.5. The first-order chi connectivity index (χ1) is 10.1. The summed E-state index contributed by atoms with van der Waals surface area (Å²) in [6.07, 6.45) is 1.69. The summed E-state index contributed by atoms with van der Waals surface area (Å²) in [7, 11) is 0. The molecule has 1 aliphatic heterocycles. The zero-order valence-corrected chi connectivity index (χ0v) is 12.4. The molecule has 6 nitrogen and oxygen atoms in total. The number of aryl methyl sites for hydroxylation is 1. The molecule has 0 saturated carbocycles. The van der Waals surface area contributed by atoms with E-state index in [0.717, 1.165) is 0 Å². The summed E-state index contributed by atoms with van der Waals surface area (Å²) in [5.41, 5.74) is 0.154. The number of hydrogen-bond acceptors (Lipinski definition) is 3. The summed E-state index contributed by atoms with van der Waals surface area (Å²) in [6, 6.07) is 5.06. The maximum absolute atomic E-state index is 13.2. The Kier molecular flexibility index (Phi) is 4.65. The maximum Gasteiger partial charge on any atom is 0.347 e. The topological polar surface area (TPSA) is 77.1 Å². The van der Waals surface area contributed by atoms with Crippen LogP contribution in [0.3, 0.4) is 0 Å². The molecular weight excluding hydrogens is 313 g/mol. The molecule has 1 aromatic carbocycles. The summed E-state index contributed by atoms with van der Waals surface area (Å²) < 4.78 is 15.6. The lowest BCUT2D eigenvalue weighted by molar-refractivity contribution is -0.141. The molecule has 0 amide bonds. The summed E-state index contributed by atoms with van der Waals surface area (Å²) in [4.78, 5) is 23.6. The van der Waals surface area contributed by atoms with Crippen molar-refractivity contribution in [3.05, 3.63) is 52.0 Å². The van der Waals surface area contributed by atoms with Crippen LogP contribution in [0, 0.1) is 5.82 Å². The monoisotopic (exact) mass is 327 g/mol. The van der Waals surface area contributed by atoms with Crippen molar-refractivity contribution in [1.29, 1.82) is 0 Å². The van der Waals surface area contributed by atoms with Gasteiger partial charge in [-0.2, -0.15) is 5.10 Å². The van der Waals surface area contributed by atoms with Crippen LogP contribution in [0.15, 0.2) is 29.1 Å². The standard InChI is InChI=1S/C14H14FN3O3.ClH/c15-10-4-1-3-9(7-10)8-17-14(21)18-11(13(19)20)5-2-6-12(18)16-17;/h1,3-4,7,11H,2,5-6,8H2,(H,19,20);1H/t11-;/m1./s1. The van der Waals surface area contributed by atoms with Gasteiger partial charge in [0.25, 0.3) is 0 Å². The molecule has 0 saturated heterocycles. The second-order valence-electron chi connectivity index (χ2n) is 5.10. The van der Waals surface area contributed by atoms with E-state index in [-0.39, 0.29) is 24.8 Å². The predicted octanol–water partition coefficient (Wildman–Crippen LogP) is 1.62. The van der Waals surface area contributed by atoms with E-state index in [0.29, 0.717) is 30.7 Å². The first-order valence-electron chi connectivity index (χ1n) is 6.72. The highest BCUT2D eigenvalue weighted by Crippen LogP contribution is 2.21. The Hall–Kier alpha value is -2.15. The van der Waals surface area contributed by atoms with Gasteiger partial charge in [-0.05, 0) is 30.5 Å². The zero-order chi connectivity index (χ0) is 15.0. The average molecular weight is 328 g/mol. The largest absolute Gasteiger partial charge is 0.480 e. The first-order valence-corrected chi connectivity index (χ1v) is 6.72. The Balaban J connectivity index is 0.00000176. The molecule has 8 heteroatoms. The van der Waals surface area contributed by atoms with Crippen LogP contribution < -0.4 is 5.69 Å². The zero-order valence-electron chi connectivity index (χ0n) is 11.6. The van der Waals surface area contributed by atoms with Gasteiger partial charge >= 0.3 is 11.7 Å². The highest BCUT2D eigenvalue weighted by Gasteiger charge is 2.30. The minimum atomic E-state index is -1.02. The van der Waals surface area contributed by atoms with Gasteiger partial charge in [0.1, 0.15) is 17.7 Å². The Bertz CT molecular complexity index is 756. The molecule has 0 spiro atoms. The molecule has 0 unspecified atom stereocenters. The molecule has 0 radical (unpaired) electrons. The summed E-state index contributed by atoms with van der Waals surface area (Å²) >= 11 is 0. The molecule has 118 valence electrons. The predicted molar refractivity (Wildman–Crippen MR) is 78.8 cm³/mol. The van der Waals surface area contributed by atoms with E-state index in [9.17, 15) is 19.1 Å². The third-order valence-corrected chi connectivity index (χ3v) is 3.64. The van der Waals surface area contributed by atoms with Crippen LogP contribution in [0.5, 0.6) is 0 Å². The molecule has 1 aromatic heterocycles. The van der Waals surface area contributed by atoms with E-state index < -0.39 is 17.7 Å². The van der Waals surface area contributed by atoms with Crippen LogP contribution in [0.1, 0.15) is 30.3 Å². The lowest BCUT2D eigenvalue weighted by Gasteiger charge is -2.19. The number of aliphatic carboxylic acids is 1. The minimum Gasteiger partial charge on any atom is -0.480 e. The molecule has 0 bridgehead atoms. The van der Waals surface area contributed by atoms with Crippen LogP contribution >= 0.6 is 12.4 Å². The van der Waals surface area contributed by atoms with E-state index in [1.165, 1.54) is 21.4 Å². The summed E-state index contributed by atoms with van der Waals surface area (Å²) in [6.45, 7) is 0.128. The number of carboxylic acids is 1. The molecule has 22 heavy (non-hydrogen) atoms. The number of hydrogen-bond donors (Lipinski definition) is 1. The third-order valence-electron chi connectivity index (χ3n) is 3.64. The lowest BCUT2D eigenvalue weighted by atomic mass is 10.1. The van der Waals surface area contributed by atoms with E-state index in [2.05, 4.69) is 5.10 Å². The number of carboxylic acid groups (broad SMARTS) is 1. The van der Waals surface area contributed by atoms with Gasteiger partial charge in [0, 0.05) is 6.42 Å². The Morgan fingerprint density at radius 2 is 2.23 bits per heavy atom. The second kappa shape index (κ2) is 6.31. The van der Waals surface area contributed by atoms with Crippen molar-refractivity contribution < 1.29 is 14.3 Å². The number of benzene rings is 1. The quantitative estimate of drug-likeness (QED) is 0.929. The molecule has 0 aliphatic carbocycles. The van der Waals surface area contributed by atoms with Crippen LogP contribution in [-0.2, 0) is 17.8 Å². The van der Waals surface area contributed by atoms with Crippen molar-refractivity contribution in [2.45, 2.75) is 31.8 Å². The average Bonchev–Trinajstić information content (AvgIpc) is 2.75. The minimum absolute atomic E-state index is 0. The second-order valence-corrected chi connectivity index (χ2v) is 5.10. The molecule has 1 N–H and O–H groups in total. The smallest absolute Gasteiger partial charge is 0.347 e. The maximum atomic E-state index is 13.2. The van der Waals surface area contributed by atoms with Crippen molar-refractivity contribution in [2.24, 2.45) is 0 Å². The van der Waals surface area contributed by atoms with Gasteiger partial charge in [-0.1, -0.05) is 12.1 Å². The van der Waals surface area contributed by atoms with Gasteiger partial charge in [-0.25, -0.2) is 18.7 Å². The number of rotatable bonds is 3.